The number of likely N-dealkylation sites (tertiary alicyclic amines) is 1. The van der Waals surface area contributed by atoms with Gasteiger partial charge in [-0.05, 0) is 49.5 Å². The van der Waals surface area contributed by atoms with E-state index in [2.05, 4.69) is 16.8 Å². The number of hydrogen-bond donors (Lipinski definition) is 2. The van der Waals surface area contributed by atoms with Crippen molar-refractivity contribution in [2.24, 2.45) is 5.92 Å². The predicted octanol–water partition coefficient (Wildman–Crippen LogP) is 5.60. The van der Waals surface area contributed by atoms with Gasteiger partial charge < -0.3 is 14.6 Å². The number of nitrogens with zero attached hydrogens (tertiary/aromatic N) is 2. The summed E-state index contributed by atoms with van der Waals surface area (Å²) in [5, 5.41) is 23.3. The number of phenols is 1. The predicted molar refractivity (Wildman–Crippen MR) is 123 cm³/mol. The molecular formula is C26H26N2O4. The molecule has 1 atom stereocenters. The van der Waals surface area contributed by atoms with Crippen molar-refractivity contribution in [2.75, 3.05) is 13.1 Å². The number of phenolic OH excluding ortho intramolecular Hbond substituents is 1. The molecule has 3 heterocycles. The number of hydrogen-bond acceptors (Lipinski definition) is 5. The summed E-state index contributed by atoms with van der Waals surface area (Å²) in [7, 11) is 0. The highest BCUT2D eigenvalue weighted by molar-refractivity contribution is 6.15. The van der Waals surface area contributed by atoms with Crippen LogP contribution in [0.1, 0.15) is 53.7 Å². The summed E-state index contributed by atoms with van der Waals surface area (Å²) in [4.78, 5) is 18.6. The highest BCUT2D eigenvalue weighted by Gasteiger charge is 2.33. The number of rotatable bonds is 5. The number of furan rings is 1. The van der Waals surface area contributed by atoms with E-state index in [1.165, 1.54) is 6.26 Å². The Morgan fingerprint density at radius 2 is 1.84 bits per heavy atom. The maximum Gasteiger partial charge on any atom is 0.339 e. The zero-order chi connectivity index (χ0) is 22.2. The second-order valence-electron chi connectivity index (χ2n) is 8.54. The van der Waals surface area contributed by atoms with E-state index in [1.807, 2.05) is 36.4 Å². The lowest BCUT2D eigenvalue weighted by molar-refractivity contribution is 0.0698. The van der Waals surface area contributed by atoms with Crippen LogP contribution in [0, 0.1) is 5.92 Å². The molecule has 4 aromatic rings. The second-order valence-corrected chi connectivity index (χ2v) is 8.54. The summed E-state index contributed by atoms with van der Waals surface area (Å²) in [6.07, 6.45) is 8.08. The fraction of sp³-hybridized carbons (Fsp3) is 0.308. The first-order valence-corrected chi connectivity index (χ1v) is 11.1. The molecule has 1 unspecified atom stereocenters. The minimum absolute atomic E-state index is 0.0681. The van der Waals surface area contributed by atoms with Gasteiger partial charge in [0.2, 0.25) is 0 Å². The number of benzene rings is 2. The van der Waals surface area contributed by atoms with Crippen molar-refractivity contribution in [1.29, 1.82) is 0 Å². The molecule has 0 amide bonds. The van der Waals surface area contributed by atoms with E-state index in [-0.39, 0.29) is 17.4 Å². The topological polar surface area (TPSA) is 86.8 Å². The molecule has 0 radical (unpaired) electrons. The number of carboxylic acid groups (broad SMARTS) is 1. The lowest BCUT2D eigenvalue weighted by Crippen LogP contribution is -2.37. The number of aromatic nitrogens is 1. The third-order valence-electron chi connectivity index (χ3n) is 6.86. The number of piperidine rings is 1. The molecule has 2 aromatic heterocycles. The molecule has 1 aliphatic heterocycles. The summed E-state index contributed by atoms with van der Waals surface area (Å²) in [6.45, 7) is 3.98. The molecule has 164 valence electrons. The van der Waals surface area contributed by atoms with E-state index in [4.69, 9.17) is 4.42 Å². The summed E-state index contributed by atoms with van der Waals surface area (Å²) in [5.41, 5.74) is 2.12. The van der Waals surface area contributed by atoms with E-state index in [1.54, 1.807) is 12.4 Å². The molecule has 5 rings (SSSR count). The number of pyridine rings is 1. The Hall–Kier alpha value is -3.38. The standard InChI is InChI=1S/C26H26N2O4/c1-2-16-9-13-28(14-10-16)23(17-7-11-27-12-8-17)22-21-20(26(30)31)15-32-25(21)19-6-4-3-5-18(19)24(22)29/h3-8,11-12,15-16,23,29H,2,9-10,13-14H2,1H3,(H,30,31). The molecule has 0 saturated carbocycles. The highest BCUT2D eigenvalue weighted by atomic mass is 16.4. The zero-order valence-corrected chi connectivity index (χ0v) is 18.0. The quantitative estimate of drug-likeness (QED) is 0.429. The number of carbonyl (C=O) groups is 1. The first-order chi connectivity index (χ1) is 15.6. The molecule has 1 saturated heterocycles. The molecule has 1 fully saturated rings. The molecule has 6 heteroatoms. The van der Waals surface area contributed by atoms with E-state index in [0.717, 1.165) is 37.9 Å². The van der Waals surface area contributed by atoms with Gasteiger partial charge in [-0.3, -0.25) is 9.88 Å². The van der Waals surface area contributed by atoms with Gasteiger partial charge in [-0.15, -0.1) is 0 Å². The van der Waals surface area contributed by atoms with Gasteiger partial charge >= 0.3 is 5.97 Å². The van der Waals surface area contributed by atoms with E-state index in [0.29, 0.717) is 33.2 Å². The van der Waals surface area contributed by atoms with Crippen LogP contribution < -0.4 is 0 Å². The van der Waals surface area contributed by atoms with Crippen molar-refractivity contribution in [3.8, 4) is 5.75 Å². The van der Waals surface area contributed by atoms with E-state index >= 15 is 0 Å². The molecule has 2 aromatic carbocycles. The van der Waals surface area contributed by atoms with Gasteiger partial charge in [0.25, 0.3) is 0 Å². The number of aromatic carboxylic acids is 1. The highest BCUT2D eigenvalue weighted by Crippen LogP contribution is 2.47. The molecule has 0 aliphatic carbocycles. The van der Waals surface area contributed by atoms with Crippen LogP contribution in [0.25, 0.3) is 21.7 Å². The normalized spacial score (nSPS) is 16.5. The maximum absolute atomic E-state index is 12.1. The monoisotopic (exact) mass is 430 g/mol. The Morgan fingerprint density at radius 1 is 1.16 bits per heavy atom. The third kappa shape index (κ3) is 3.31. The van der Waals surface area contributed by atoms with Crippen LogP contribution in [0.15, 0.2) is 59.5 Å². The number of aromatic hydroxyl groups is 1. The van der Waals surface area contributed by atoms with Crippen LogP contribution in [-0.4, -0.2) is 39.2 Å². The minimum Gasteiger partial charge on any atom is -0.507 e. The number of carboxylic acids is 1. The van der Waals surface area contributed by atoms with Crippen molar-refractivity contribution in [3.63, 3.8) is 0 Å². The van der Waals surface area contributed by atoms with Gasteiger partial charge in [0.1, 0.15) is 23.2 Å². The van der Waals surface area contributed by atoms with Crippen molar-refractivity contribution in [2.45, 2.75) is 32.2 Å². The lowest BCUT2D eigenvalue weighted by Gasteiger charge is -2.38. The SMILES string of the molecule is CCC1CCN(C(c2ccncc2)c2c(O)c3ccccc3c3occ(C(=O)O)c23)CC1. The van der Waals surface area contributed by atoms with Crippen molar-refractivity contribution >= 4 is 27.7 Å². The Labute approximate surface area is 186 Å². The Bertz CT molecular complexity index is 1270. The van der Waals surface area contributed by atoms with Gasteiger partial charge in [0, 0.05) is 34.1 Å². The first kappa shape index (κ1) is 20.5. The number of fused-ring (bicyclic) bond motifs is 3. The van der Waals surface area contributed by atoms with Crippen LogP contribution in [0.5, 0.6) is 5.75 Å². The summed E-state index contributed by atoms with van der Waals surface area (Å²) in [6, 6.07) is 11.0. The minimum atomic E-state index is -1.07. The Morgan fingerprint density at radius 3 is 2.50 bits per heavy atom. The average molecular weight is 431 g/mol. The largest absolute Gasteiger partial charge is 0.507 e. The van der Waals surface area contributed by atoms with E-state index in [9.17, 15) is 15.0 Å². The summed E-state index contributed by atoms with van der Waals surface area (Å²) in [5.74, 6) is -0.271. The molecule has 2 N–H and O–H groups in total. The molecule has 32 heavy (non-hydrogen) atoms. The zero-order valence-electron chi connectivity index (χ0n) is 18.0. The van der Waals surface area contributed by atoms with Crippen LogP contribution in [0.4, 0.5) is 0 Å². The first-order valence-electron chi connectivity index (χ1n) is 11.1. The second kappa shape index (κ2) is 8.28. The fourth-order valence-electron chi connectivity index (χ4n) is 5.12. The lowest BCUT2D eigenvalue weighted by atomic mass is 9.87. The van der Waals surface area contributed by atoms with E-state index < -0.39 is 5.97 Å². The van der Waals surface area contributed by atoms with Crippen LogP contribution in [-0.2, 0) is 0 Å². The summed E-state index contributed by atoms with van der Waals surface area (Å²) >= 11 is 0. The maximum atomic E-state index is 12.1. The Kier molecular flexibility index (Phi) is 5.31. The molecule has 0 bridgehead atoms. The smallest absolute Gasteiger partial charge is 0.339 e. The Balaban J connectivity index is 1.81. The van der Waals surface area contributed by atoms with Crippen LogP contribution in [0.3, 0.4) is 0 Å². The van der Waals surface area contributed by atoms with Gasteiger partial charge in [-0.2, -0.15) is 0 Å². The molecule has 0 spiro atoms. The fourth-order valence-corrected chi connectivity index (χ4v) is 5.12. The van der Waals surface area contributed by atoms with Crippen molar-refractivity contribution in [1.82, 2.24) is 9.88 Å². The molecule has 1 aliphatic rings. The van der Waals surface area contributed by atoms with Gasteiger partial charge in [-0.25, -0.2) is 4.79 Å². The third-order valence-corrected chi connectivity index (χ3v) is 6.86. The van der Waals surface area contributed by atoms with Gasteiger partial charge in [0.05, 0.1) is 6.04 Å². The molecule has 6 nitrogen and oxygen atoms in total. The van der Waals surface area contributed by atoms with Gasteiger partial charge in [-0.1, -0.05) is 37.6 Å². The van der Waals surface area contributed by atoms with Crippen molar-refractivity contribution < 1.29 is 19.4 Å². The van der Waals surface area contributed by atoms with Crippen LogP contribution in [0.2, 0.25) is 0 Å². The van der Waals surface area contributed by atoms with Crippen LogP contribution >= 0.6 is 0 Å². The van der Waals surface area contributed by atoms with Gasteiger partial charge in [0.15, 0.2) is 0 Å². The molecular weight excluding hydrogens is 404 g/mol. The average Bonchev–Trinajstić information content (AvgIpc) is 3.28. The van der Waals surface area contributed by atoms with Crippen molar-refractivity contribution in [3.05, 3.63) is 71.7 Å². The summed E-state index contributed by atoms with van der Waals surface area (Å²) < 4.78 is 5.80.